The van der Waals surface area contributed by atoms with E-state index in [1.54, 1.807) is 0 Å². The first-order valence-electron chi connectivity index (χ1n) is 7.51. The van der Waals surface area contributed by atoms with Crippen molar-refractivity contribution in [3.05, 3.63) is 28.8 Å². The summed E-state index contributed by atoms with van der Waals surface area (Å²) in [6, 6.07) is 6.24. The fraction of sp³-hybridized carbons (Fsp3) is 0.625. The monoisotopic (exact) mass is 296 g/mol. The van der Waals surface area contributed by atoms with E-state index < -0.39 is 0 Å². The topological polar surface area (TPSA) is 38.5 Å². The minimum atomic E-state index is 0.139. The molecule has 2 unspecified atom stereocenters. The highest BCUT2D eigenvalue weighted by atomic mass is 35.5. The van der Waals surface area contributed by atoms with Gasteiger partial charge in [-0.15, -0.1) is 0 Å². The summed E-state index contributed by atoms with van der Waals surface area (Å²) in [6.07, 6.45) is 3.45. The molecule has 1 aromatic rings. The summed E-state index contributed by atoms with van der Waals surface area (Å²) < 4.78 is 5.79. The zero-order chi connectivity index (χ0) is 14.5. The van der Waals surface area contributed by atoms with Crippen molar-refractivity contribution in [1.82, 2.24) is 0 Å². The highest BCUT2D eigenvalue weighted by Crippen LogP contribution is 2.33. The van der Waals surface area contributed by atoms with E-state index in [1.807, 2.05) is 19.1 Å². The maximum Gasteiger partial charge on any atom is 0.0750 e. The third-order valence-electron chi connectivity index (χ3n) is 3.71. The zero-order valence-electron chi connectivity index (χ0n) is 12.4. The molecular weight excluding hydrogens is 272 g/mol. The smallest absolute Gasteiger partial charge is 0.0750 e. The van der Waals surface area contributed by atoms with Crippen molar-refractivity contribution >= 4 is 17.3 Å². The van der Waals surface area contributed by atoms with Crippen molar-refractivity contribution in [1.29, 1.82) is 0 Å². The van der Waals surface area contributed by atoms with Crippen LogP contribution >= 0.6 is 11.6 Å². The Hall–Kier alpha value is -0.770. The van der Waals surface area contributed by atoms with Gasteiger partial charge in [-0.05, 0) is 44.7 Å². The van der Waals surface area contributed by atoms with Gasteiger partial charge < -0.3 is 15.4 Å². The molecule has 2 rings (SSSR count). The SMILES string of the molecule is CCOC1CCCN(c2c(Cl)cccc2CC(C)N)C1. The summed E-state index contributed by atoms with van der Waals surface area (Å²) in [5, 5.41) is 0.820. The summed E-state index contributed by atoms with van der Waals surface area (Å²) in [5.74, 6) is 0. The molecule has 20 heavy (non-hydrogen) atoms. The number of hydrogen-bond donors (Lipinski definition) is 1. The molecule has 0 radical (unpaired) electrons. The number of para-hydroxylation sites is 1. The molecule has 0 bridgehead atoms. The molecule has 1 fully saturated rings. The lowest BCUT2D eigenvalue weighted by molar-refractivity contribution is 0.0526. The highest BCUT2D eigenvalue weighted by molar-refractivity contribution is 6.33. The van der Waals surface area contributed by atoms with E-state index in [0.717, 1.165) is 49.7 Å². The minimum Gasteiger partial charge on any atom is -0.377 e. The van der Waals surface area contributed by atoms with Crippen LogP contribution in [-0.2, 0) is 11.2 Å². The number of rotatable bonds is 5. The van der Waals surface area contributed by atoms with E-state index in [2.05, 4.69) is 17.9 Å². The second kappa shape index (κ2) is 7.30. The average Bonchev–Trinajstić information content (AvgIpc) is 2.39. The van der Waals surface area contributed by atoms with E-state index >= 15 is 0 Å². The van der Waals surface area contributed by atoms with Gasteiger partial charge in [0.05, 0.1) is 16.8 Å². The van der Waals surface area contributed by atoms with Crippen molar-refractivity contribution in [3.63, 3.8) is 0 Å². The van der Waals surface area contributed by atoms with Gasteiger partial charge in [-0.25, -0.2) is 0 Å². The molecule has 0 saturated carbocycles. The molecule has 2 atom stereocenters. The Morgan fingerprint density at radius 3 is 3.00 bits per heavy atom. The number of piperidine rings is 1. The van der Waals surface area contributed by atoms with Crippen LogP contribution in [0.1, 0.15) is 32.3 Å². The Bertz CT molecular complexity index is 434. The molecule has 3 nitrogen and oxygen atoms in total. The van der Waals surface area contributed by atoms with Gasteiger partial charge >= 0.3 is 0 Å². The maximum absolute atomic E-state index is 6.45. The largest absolute Gasteiger partial charge is 0.377 e. The van der Waals surface area contributed by atoms with Crippen LogP contribution in [0.3, 0.4) is 0 Å². The lowest BCUT2D eigenvalue weighted by Crippen LogP contribution is -2.40. The predicted octanol–water partition coefficient (Wildman–Crippen LogP) is 3.24. The number of hydrogen-bond acceptors (Lipinski definition) is 3. The van der Waals surface area contributed by atoms with Crippen LogP contribution in [0.25, 0.3) is 0 Å². The minimum absolute atomic E-state index is 0.139. The number of halogens is 1. The summed E-state index contributed by atoms with van der Waals surface area (Å²) in [4.78, 5) is 2.36. The third-order valence-corrected chi connectivity index (χ3v) is 4.01. The highest BCUT2D eigenvalue weighted by Gasteiger charge is 2.23. The van der Waals surface area contributed by atoms with Crippen molar-refractivity contribution in [3.8, 4) is 0 Å². The van der Waals surface area contributed by atoms with E-state index in [0.29, 0.717) is 6.10 Å². The van der Waals surface area contributed by atoms with Crippen LogP contribution in [0.2, 0.25) is 5.02 Å². The zero-order valence-corrected chi connectivity index (χ0v) is 13.2. The summed E-state index contributed by atoms with van der Waals surface area (Å²) in [7, 11) is 0. The molecule has 0 aromatic heterocycles. The van der Waals surface area contributed by atoms with Crippen LogP contribution in [0, 0.1) is 0 Å². The predicted molar refractivity (Wildman–Crippen MR) is 85.7 cm³/mol. The lowest BCUT2D eigenvalue weighted by atomic mass is 10.0. The Morgan fingerprint density at radius 1 is 1.50 bits per heavy atom. The molecule has 4 heteroatoms. The molecular formula is C16H25ClN2O. The van der Waals surface area contributed by atoms with Crippen LogP contribution in [-0.4, -0.2) is 31.8 Å². The lowest BCUT2D eigenvalue weighted by Gasteiger charge is -2.36. The Morgan fingerprint density at radius 2 is 2.30 bits per heavy atom. The van der Waals surface area contributed by atoms with Crippen molar-refractivity contribution in [2.45, 2.75) is 45.3 Å². The molecule has 1 aliphatic rings. The van der Waals surface area contributed by atoms with E-state index in [4.69, 9.17) is 22.1 Å². The number of nitrogens with zero attached hydrogens (tertiary/aromatic N) is 1. The van der Waals surface area contributed by atoms with Crippen LogP contribution in [0.15, 0.2) is 18.2 Å². The van der Waals surface area contributed by atoms with Crippen LogP contribution in [0.5, 0.6) is 0 Å². The quantitative estimate of drug-likeness (QED) is 0.906. The van der Waals surface area contributed by atoms with Gasteiger partial charge in [0.1, 0.15) is 0 Å². The molecule has 0 amide bonds. The van der Waals surface area contributed by atoms with E-state index in [1.165, 1.54) is 5.56 Å². The first-order chi connectivity index (χ1) is 9.61. The summed E-state index contributed by atoms with van der Waals surface area (Å²) in [5.41, 5.74) is 8.35. The summed E-state index contributed by atoms with van der Waals surface area (Å²) in [6.45, 7) is 6.82. The number of benzene rings is 1. The van der Waals surface area contributed by atoms with Gasteiger partial charge in [0.15, 0.2) is 0 Å². The molecule has 2 N–H and O–H groups in total. The van der Waals surface area contributed by atoms with Gasteiger partial charge in [0, 0.05) is 25.7 Å². The second-order valence-electron chi connectivity index (χ2n) is 5.59. The van der Waals surface area contributed by atoms with Crippen molar-refractivity contribution < 1.29 is 4.74 Å². The standard InChI is InChI=1S/C16H25ClN2O/c1-3-20-14-7-5-9-19(11-14)16-13(10-12(2)18)6-4-8-15(16)17/h4,6,8,12,14H,3,5,7,9-11,18H2,1-2H3. The number of anilines is 1. The molecule has 112 valence electrons. The molecule has 0 aliphatic carbocycles. The third kappa shape index (κ3) is 3.87. The first-order valence-corrected chi connectivity index (χ1v) is 7.89. The van der Waals surface area contributed by atoms with Gasteiger partial charge in [-0.1, -0.05) is 23.7 Å². The van der Waals surface area contributed by atoms with Crippen LogP contribution in [0.4, 0.5) is 5.69 Å². The molecule has 1 saturated heterocycles. The average molecular weight is 297 g/mol. The second-order valence-corrected chi connectivity index (χ2v) is 6.00. The number of ether oxygens (including phenoxy) is 1. The molecule has 1 heterocycles. The first kappa shape index (κ1) is 15.6. The Labute approximate surface area is 127 Å². The van der Waals surface area contributed by atoms with Gasteiger partial charge in [-0.2, -0.15) is 0 Å². The van der Waals surface area contributed by atoms with Gasteiger partial charge in [0.25, 0.3) is 0 Å². The maximum atomic E-state index is 6.45. The Kier molecular flexibility index (Phi) is 5.70. The number of nitrogens with two attached hydrogens (primary N) is 1. The molecule has 1 aliphatic heterocycles. The van der Waals surface area contributed by atoms with Gasteiger partial charge in [-0.3, -0.25) is 0 Å². The summed E-state index contributed by atoms with van der Waals surface area (Å²) >= 11 is 6.45. The molecule has 0 spiro atoms. The van der Waals surface area contributed by atoms with Crippen molar-refractivity contribution in [2.24, 2.45) is 5.73 Å². The fourth-order valence-electron chi connectivity index (χ4n) is 2.94. The van der Waals surface area contributed by atoms with Gasteiger partial charge in [0.2, 0.25) is 0 Å². The molecule has 1 aromatic carbocycles. The van der Waals surface area contributed by atoms with E-state index in [-0.39, 0.29) is 6.04 Å². The van der Waals surface area contributed by atoms with Crippen LogP contribution < -0.4 is 10.6 Å². The normalized spacial score (nSPS) is 21.0. The van der Waals surface area contributed by atoms with Crippen molar-refractivity contribution in [2.75, 3.05) is 24.6 Å². The fourth-order valence-corrected chi connectivity index (χ4v) is 3.25. The Balaban J connectivity index is 2.21. The van der Waals surface area contributed by atoms with E-state index in [9.17, 15) is 0 Å².